The molecule has 10 heteroatoms. The molecule has 0 spiro atoms. The summed E-state index contributed by atoms with van der Waals surface area (Å²) in [6.45, 7) is 2.08. The third-order valence-corrected chi connectivity index (χ3v) is 6.17. The van der Waals surface area contributed by atoms with Crippen LogP contribution in [0, 0.1) is 6.92 Å². The van der Waals surface area contributed by atoms with Crippen LogP contribution in [0.2, 0.25) is 5.02 Å². The molecule has 1 amide bonds. The Labute approximate surface area is 191 Å². The normalized spacial score (nSPS) is 12.3. The maximum Gasteiger partial charge on any atom is 0.294 e. The summed E-state index contributed by atoms with van der Waals surface area (Å²) in [7, 11) is 0. The molecule has 2 aromatic carbocycles. The summed E-state index contributed by atoms with van der Waals surface area (Å²) < 4.78 is 12.5. The van der Waals surface area contributed by atoms with Gasteiger partial charge in [0, 0.05) is 17.1 Å². The molecule has 0 fully saturated rings. The Hall–Kier alpha value is -3.43. The summed E-state index contributed by atoms with van der Waals surface area (Å²) in [6.07, 6.45) is 0. The van der Waals surface area contributed by atoms with Gasteiger partial charge in [-0.2, -0.15) is 5.10 Å². The molecule has 0 saturated carbocycles. The van der Waals surface area contributed by atoms with Gasteiger partial charge in [0.05, 0.1) is 9.71 Å². The Balaban J connectivity index is 1.41. The number of hydrogen-bond acceptors (Lipinski definition) is 7. The van der Waals surface area contributed by atoms with Gasteiger partial charge in [0.25, 0.3) is 5.56 Å². The van der Waals surface area contributed by atoms with Crippen LogP contribution in [-0.2, 0) is 17.9 Å². The van der Waals surface area contributed by atoms with Gasteiger partial charge in [-0.1, -0.05) is 29.8 Å². The Kier molecular flexibility index (Phi) is 5.28. The first-order valence-electron chi connectivity index (χ1n) is 9.77. The monoisotopic (exact) mass is 468 g/mol. The lowest BCUT2D eigenvalue weighted by Gasteiger charge is -2.10. The molecule has 162 valence electrons. The molecule has 1 aliphatic rings. The smallest absolute Gasteiger partial charge is 0.294 e. The number of aromatic nitrogens is 3. The number of aryl methyl sites for hydroxylation is 1. The average molecular weight is 469 g/mol. The molecule has 1 N–H and O–H groups in total. The predicted octanol–water partition coefficient (Wildman–Crippen LogP) is 3.53. The maximum atomic E-state index is 12.9. The molecule has 32 heavy (non-hydrogen) atoms. The van der Waals surface area contributed by atoms with E-state index >= 15 is 0 Å². The zero-order chi connectivity index (χ0) is 22.2. The summed E-state index contributed by atoms with van der Waals surface area (Å²) in [4.78, 5) is 29.9. The van der Waals surface area contributed by atoms with Crippen LogP contribution in [0.25, 0.3) is 21.5 Å². The van der Waals surface area contributed by atoms with Gasteiger partial charge in [-0.05, 0) is 36.8 Å². The third kappa shape index (κ3) is 3.92. The van der Waals surface area contributed by atoms with Crippen LogP contribution in [0.3, 0.4) is 0 Å². The highest BCUT2D eigenvalue weighted by atomic mass is 35.5. The van der Waals surface area contributed by atoms with E-state index in [0.29, 0.717) is 32.4 Å². The number of rotatable bonds is 5. The standard InChI is InChI=1S/C22H17ClN4O4S/c1-12-25-20-21(32-12)19(14-3-5-15(23)6-4-14)26-27(22(20)29)10-18(28)24-9-13-2-7-16-17(8-13)31-11-30-16/h2-8H,9-11H2,1H3,(H,24,28). The summed E-state index contributed by atoms with van der Waals surface area (Å²) >= 11 is 7.40. The predicted molar refractivity (Wildman–Crippen MR) is 121 cm³/mol. The van der Waals surface area contributed by atoms with Crippen molar-refractivity contribution in [3.63, 3.8) is 0 Å². The van der Waals surface area contributed by atoms with Crippen LogP contribution in [0.15, 0.2) is 47.3 Å². The van der Waals surface area contributed by atoms with E-state index in [4.69, 9.17) is 21.1 Å². The molecule has 0 radical (unpaired) electrons. The van der Waals surface area contributed by atoms with Crippen molar-refractivity contribution in [1.29, 1.82) is 0 Å². The molecule has 0 bridgehead atoms. The van der Waals surface area contributed by atoms with Crippen LogP contribution in [-0.4, -0.2) is 27.5 Å². The van der Waals surface area contributed by atoms with Crippen LogP contribution in [0.1, 0.15) is 10.6 Å². The Bertz CT molecular complexity index is 1400. The number of ether oxygens (including phenoxy) is 2. The number of fused-ring (bicyclic) bond motifs is 2. The lowest BCUT2D eigenvalue weighted by atomic mass is 10.1. The van der Waals surface area contributed by atoms with E-state index in [1.807, 2.05) is 31.2 Å². The van der Waals surface area contributed by atoms with Crippen molar-refractivity contribution < 1.29 is 14.3 Å². The molecular weight excluding hydrogens is 452 g/mol. The first-order chi connectivity index (χ1) is 15.5. The minimum absolute atomic E-state index is 0.189. The van der Waals surface area contributed by atoms with E-state index < -0.39 is 5.56 Å². The molecule has 0 atom stereocenters. The van der Waals surface area contributed by atoms with Gasteiger partial charge >= 0.3 is 0 Å². The molecule has 0 saturated heterocycles. The first-order valence-corrected chi connectivity index (χ1v) is 11.0. The van der Waals surface area contributed by atoms with Crippen LogP contribution in [0.5, 0.6) is 11.5 Å². The molecule has 2 aromatic heterocycles. The molecule has 4 aromatic rings. The third-order valence-electron chi connectivity index (χ3n) is 4.94. The van der Waals surface area contributed by atoms with E-state index in [0.717, 1.165) is 20.8 Å². The maximum absolute atomic E-state index is 12.9. The summed E-state index contributed by atoms with van der Waals surface area (Å²) in [5.41, 5.74) is 2.13. The van der Waals surface area contributed by atoms with E-state index in [-0.39, 0.29) is 25.8 Å². The van der Waals surface area contributed by atoms with Crippen molar-refractivity contribution in [1.82, 2.24) is 20.1 Å². The fourth-order valence-corrected chi connectivity index (χ4v) is 4.46. The summed E-state index contributed by atoms with van der Waals surface area (Å²) in [5.74, 6) is 0.981. The Morgan fingerprint density at radius 1 is 1.19 bits per heavy atom. The van der Waals surface area contributed by atoms with Crippen molar-refractivity contribution in [2.75, 3.05) is 6.79 Å². The highest BCUT2D eigenvalue weighted by Crippen LogP contribution is 2.32. The number of hydrogen-bond donors (Lipinski definition) is 1. The topological polar surface area (TPSA) is 95.3 Å². The number of thiazole rings is 1. The molecular formula is C22H17ClN4O4S. The van der Waals surface area contributed by atoms with Crippen molar-refractivity contribution in [3.05, 3.63) is 68.4 Å². The van der Waals surface area contributed by atoms with Gasteiger partial charge < -0.3 is 14.8 Å². The summed E-state index contributed by atoms with van der Waals surface area (Å²) in [6, 6.07) is 12.6. The van der Waals surface area contributed by atoms with E-state index in [2.05, 4.69) is 15.4 Å². The van der Waals surface area contributed by atoms with Gasteiger partial charge in [-0.25, -0.2) is 9.67 Å². The summed E-state index contributed by atoms with van der Waals surface area (Å²) in [5, 5.41) is 8.65. The van der Waals surface area contributed by atoms with Crippen molar-refractivity contribution in [2.24, 2.45) is 0 Å². The molecule has 0 unspecified atom stereocenters. The zero-order valence-electron chi connectivity index (χ0n) is 16.9. The lowest BCUT2D eigenvalue weighted by Crippen LogP contribution is -2.33. The van der Waals surface area contributed by atoms with Gasteiger partial charge in [-0.3, -0.25) is 9.59 Å². The highest BCUT2D eigenvalue weighted by Gasteiger charge is 2.18. The Morgan fingerprint density at radius 3 is 2.78 bits per heavy atom. The fourth-order valence-electron chi connectivity index (χ4n) is 3.41. The number of benzene rings is 2. The molecule has 5 rings (SSSR count). The van der Waals surface area contributed by atoms with E-state index in [1.54, 1.807) is 18.2 Å². The first kappa shape index (κ1) is 20.5. The second-order valence-electron chi connectivity index (χ2n) is 7.19. The minimum Gasteiger partial charge on any atom is -0.454 e. The van der Waals surface area contributed by atoms with Crippen LogP contribution in [0.4, 0.5) is 0 Å². The number of carbonyl (C=O) groups is 1. The van der Waals surface area contributed by atoms with Gasteiger partial charge in [-0.15, -0.1) is 11.3 Å². The second kappa shape index (κ2) is 8.25. The lowest BCUT2D eigenvalue weighted by molar-refractivity contribution is -0.122. The zero-order valence-corrected chi connectivity index (χ0v) is 18.5. The average Bonchev–Trinajstić information content (AvgIpc) is 3.41. The minimum atomic E-state index is -0.403. The number of nitrogens with zero attached hydrogens (tertiary/aromatic N) is 3. The quantitative estimate of drug-likeness (QED) is 0.481. The van der Waals surface area contributed by atoms with Gasteiger partial charge in [0.15, 0.2) is 17.0 Å². The highest BCUT2D eigenvalue weighted by molar-refractivity contribution is 7.19. The van der Waals surface area contributed by atoms with Crippen LogP contribution >= 0.6 is 22.9 Å². The van der Waals surface area contributed by atoms with Crippen molar-refractivity contribution in [2.45, 2.75) is 20.0 Å². The van der Waals surface area contributed by atoms with Crippen molar-refractivity contribution >= 4 is 39.1 Å². The van der Waals surface area contributed by atoms with E-state index in [1.165, 1.54) is 11.3 Å². The van der Waals surface area contributed by atoms with E-state index in [9.17, 15) is 9.59 Å². The number of carbonyl (C=O) groups excluding carboxylic acids is 1. The largest absolute Gasteiger partial charge is 0.454 e. The van der Waals surface area contributed by atoms with Gasteiger partial charge in [0.2, 0.25) is 12.7 Å². The SMILES string of the molecule is Cc1nc2c(=O)n(CC(=O)NCc3ccc4c(c3)OCO4)nc(-c3ccc(Cl)cc3)c2s1. The van der Waals surface area contributed by atoms with Crippen LogP contribution < -0.4 is 20.3 Å². The number of halogens is 1. The Morgan fingerprint density at radius 2 is 1.97 bits per heavy atom. The second-order valence-corrected chi connectivity index (χ2v) is 8.83. The number of amides is 1. The van der Waals surface area contributed by atoms with Gasteiger partial charge in [0.1, 0.15) is 12.2 Å². The number of nitrogens with one attached hydrogen (secondary N) is 1. The fraction of sp³-hybridized carbons (Fsp3) is 0.182. The molecule has 3 heterocycles. The molecule has 0 aliphatic carbocycles. The molecule has 1 aliphatic heterocycles. The van der Waals surface area contributed by atoms with Crippen molar-refractivity contribution in [3.8, 4) is 22.8 Å². The molecule has 8 nitrogen and oxygen atoms in total.